The van der Waals surface area contributed by atoms with Crippen LogP contribution in [0.4, 0.5) is 0 Å². The molecule has 0 saturated carbocycles. The molecular formula is C10H11NO3. The zero-order valence-electron chi connectivity index (χ0n) is 8.11. The number of aldehydes is 1. The summed E-state index contributed by atoms with van der Waals surface area (Å²) in [6, 6.07) is 1.73. The van der Waals surface area contributed by atoms with Crippen LogP contribution in [-0.2, 0) is 16.1 Å². The Bertz CT molecular complexity index is 360. The summed E-state index contributed by atoms with van der Waals surface area (Å²) in [5.74, 6) is -0.365. The van der Waals surface area contributed by atoms with Gasteiger partial charge >= 0.3 is 5.97 Å². The molecule has 0 radical (unpaired) electrons. The minimum Gasteiger partial charge on any atom is -0.461 e. The molecule has 0 saturated heterocycles. The molecule has 0 spiro atoms. The molecule has 4 heteroatoms. The number of ether oxygens (including phenoxy) is 1. The van der Waals surface area contributed by atoms with Crippen molar-refractivity contribution in [3.05, 3.63) is 29.1 Å². The molecule has 0 aliphatic carbocycles. The first-order chi connectivity index (χ1) is 6.63. The molecule has 1 heterocycles. The van der Waals surface area contributed by atoms with Gasteiger partial charge in [0.05, 0.1) is 0 Å². The topological polar surface area (TPSA) is 56.3 Å². The molecule has 1 aromatic heterocycles. The lowest BCUT2D eigenvalue weighted by Crippen LogP contribution is -2.02. The molecular weight excluding hydrogens is 182 g/mol. The van der Waals surface area contributed by atoms with Gasteiger partial charge in [-0.05, 0) is 13.0 Å². The molecule has 0 aliphatic rings. The fraction of sp³-hybridized carbons (Fsp3) is 0.300. The highest BCUT2D eigenvalue weighted by Gasteiger charge is 2.04. The summed E-state index contributed by atoms with van der Waals surface area (Å²) >= 11 is 0. The van der Waals surface area contributed by atoms with Gasteiger partial charge in [0.1, 0.15) is 6.61 Å². The average molecular weight is 193 g/mol. The van der Waals surface area contributed by atoms with Gasteiger partial charge in [0.2, 0.25) is 0 Å². The molecule has 4 nitrogen and oxygen atoms in total. The molecule has 0 N–H and O–H groups in total. The van der Waals surface area contributed by atoms with Crippen LogP contribution >= 0.6 is 0 Å². The van der Waals surface area contributed by atoms with Crippen LogP contribution in [0, 0.1) is 6.92 Å². The molecule has 0 atom stereocenters. The van der Waals surface area contributed by atoms with Gasteiger partial charge < -0.3 is 4.74 Å². The molecule has 0 amide bonds. The van der Waals surface area contributed by atoms with Crippen molar-refractivity contribution < 1.29 is 14.3 Å². The van der Waals surface area contributed by atoms with E-state index in [1.165, 1.54) is 13.1 Å². The highest BCUT2D eigenvalue weighted by Crippen LogP contribution is 2.08. The Labute approximate surface area is 81.9 Å². The van der Waals surface area contributed by atoms with Crippen LogP contribution in [0.15, 0.2) is 12.3 Å². The molecule has 74 valence electrons. The van der Waals surface area contributed by atoms with Gasteiger partial charge in [0, 0.05) is 29.9 Å². The Morgan fingerprint density at radius 3 is 2.93 bits per heavy atom. The zero-order valence-corrected chi connectivity index (χ0v) is 8.11. The van der Waals surface area contributed by atoms with Gasteiger partial charge in [0.15, 0.2) is 6.29 Å². The van der Waals surface area contributed by atoms with Gasteiger partial charge in [0.25, 0.3) is 0 Å². The molecule has 0 unspecified atom stereocenters. The fourth-order valence-electron chi connectivity index (χ4n) is 1.04. The minimum atomic E-state index is -0.365. The summed E-state index contributed by atoms with van der Waals surface area (Å²) in [7, 11) is 0. The highest BCUT2D eigenvalue weighted by atomic mass is 16.5. The maximum atomic E-state index is 10.6. The van der Waals surface area contributed by atoms with E-state index < -0.39 is 0 Å². The van der Waals surface area contributed by atoms with Crippen LogP contribution in [0.2, 0.25) is 0 Å². The summed E-state index contributed by atoms with van der Waals surface area (Å²) in [6.45, 7) is 3.26. The van der Waals surface area contributed by atoms with Crippen LogP contribution in [-0.4, -0.2) is 17.2 Å². The first-order valence-electron chi connectivity index (χ1n) is 4.17. The van der Waals surface area contributed by atoms with Crippen molar-refractivity contribution in [3.63, 3.8) is 0 Å². The largest absolute Gasteiger partial charge is 0.461 e. The third-order valence-electron chi connectivity index (χ3n) is 1.72. The molecule has 0 bridgehead atoms. The number of aryl methyl sites for hydroxylation is 1. The Morgan fingerprint density at radius 2 is 2.36 bits per heavy atom. The van der Waals surface area contributed by atoms with Gasteiger partial charge in [-0.1, -0.05) is 0 Å². The van der Waals surface area contributed by atoms with Crippen molar-refractivity contribution in [2.75, 3.05) is 0 Å². The van der Waals surface area contributed by atoms with Crippen molar-refractivity contribution in [1.82, 2.24) is 4.98 Å². The smallest absolute Gasteiger partial charge is 0.302 e. The fourth-order valence-corrected chi connectivity index (χ4v) is 1.04. The maximum Gasteiger partial charge on any atom is 0.302 e. The first-order valence-corrected chi connectivity index (χ1v) is 4.17. The normalized spacial score (nSPS) is 9.57. The number of rotatable bonds is 3. The van der Waals surface area contributed by atoms with Gasteiger partial charge in [-0.3, -0.25) is 14.6 Å². The lowest BCUT2D eigenvalue weighted by atomic mass is 10.1. The van der Waals surface area contributed by atoms with Gasteiger partial charge in [-0.2, -0.15) is 0 Å². The van der Waals surface area contributed by atoms with E-state index in [1.54, 1.807) is 6.07 Å². The minimum absolute atomic E-state index is 0.118. The predicted molar refractivity (Wildman–Crippen MR) is 49.8 cm³/mol. The molecule has 14 heavy (non-hydrogen) atoms. The van der Waals surface area contributed by atoms with Crippen LogP contribution in [0.3, 0.4) is 0 Å². The second-order valence-corrected chi connectivity index (χ2v) is 2.92. The summed E-state index contributed by atoms with van der Waals surface area (Å²) < 4.78 is 4.80. The number of aromatic nitrogens is 1. The number of pyridine rings is 1. The van der Waals surface area contributed by atoms with E-state index >= 15 is 0 Å². The monoisotopic (exact) mass is 193 g/mol. The zero-order chi connectivity index (χ0) is 10.6. The van der Waals surface area contributed by atoms with E-state index in [4.69, 9.17) is 4.74 Å². The van der Waals surface area contributed by atoms with E-state index in [9.17, 15) is 9.59 Å². The van der Waals surface area contributed by atoms with Crippen molar-refractivity contribution in [2.24, 2.45) is 0 Å². The van der Waals surface area contributed by atoms with Crippen LogP contribution in [0.5, 0.6) is 0 Å². The lowest BCUT2D eigenvalue weighted by Gasteiger charge is -2.05. The summed E-state index contributed by atoms with van der Waals surface area (Å²) in [5.41, 5.74) is 1.93. The quantitative estimate of drug-likeness (QED) is 0.535. The third-order valence-corrected chi connectivity index (χ3v) is 1.72. The second kappa shape index (κ2) is 4.50. The number of nitrogens with zero attached hydrogens (tertiary/aromatic N) is 1. The predicted octanol–water partition coefficient (Wildman–Crippen LogP) is 1.27. The molecule has 0 aliphatic heterocycles. The molecule has 1 rings (SSSR count). The Morgan fingerprint density at radius 1 is 1.64 bits per heavy atom. The summed E-state index contributed by atoms with van der Waals surface area (Å²) in [4.78, 5) is 25.1. The van der Waals surface area contributed by atoms with Crippen LogP contribution in [0.25, 0.3) is 0 Å². The molecule has 1 aromatic rings. The third kappa shape index (κ3) is 2.65. The number of hydrogen-bond acceptors (Lipinski definition) is 4. The van der Waals surface area contributed by atoms with E-state index in [2.05, 4.69) is 4.98 Å². The SMILES string of the molecule is CC(=O)OCc1cc(C)ncc1C=O. The van der Waals surface area contributed by atoms with E-state index in [1.807, 2.05) is 6.92 Å². The molecule has 0 fully saturated rings. The Hall–Kier alpha value is -1.71. The van der Waals surface area contributed by atoms with Gasteiger partial charge in [-0.15, -0.1) is 0 Å². The van der Waals surface area contributed by atoms with E-state index in [-0.39, 0.29) is 12.6 Å². The summed E-state index contributed by atoms with van der Waals surface area (Å²) in [5, 5.41) is 0. The van der Waals surface area contributed by atoms with Crippen molar-refractivity contribution in [1.29, 1.82) is 0 Å². The maximum absolute atomic E-state index is 10.6. The van der Waals surface area contributed by atoms with Crippen LogP contribution in [0.1, 0.15) is 28.5 Å². The number of esters is 1. The standard InChI is InChI=1S/C10H11NO3/c1-7-3-9(6-14-8(2)13)10(5-12)4-11-7/h3-5H,6H2,1-2H3. The van der Waals surface area contributed by atoms with Crippen molar-refractivity contribution in [3.8, 4) is 0 Å². The average Bonchev–Trinajstić information content (AvgIpc) is 2.15. The lowest BCUT2D eigenvalue weighted by molar-refractivity contribution is -0.142. The number of carbonyl (C=O) groups is 2. The summed E-state index contributed by atoms with van der Waals surface area (Å²) in [6.07, 6.45) is 2.17. The van der Waals surface area contributed by atoms with E-state index in [0.29, 0.717) is 17.4 Å². The number of carbonyl (C=O) groups excluding carboxylic acids is 2. The van der Waals surface area contributed by atoms with Crippen LogP contribution < -0.4 is 0 Å². The van der Waals surface area contributed by atoms with Gasteiger partial charge in [-0.25, -0.2) is 0 Å². The molecule has 0 aromatic carbocycles. The first kappa shape index (κ1) is 10.4. The van der Waals surface area contributed by atoms with Crippen molar-refractivity contribution >= 4 is 12.3 Å². The second-order valence-electron chi connectivity index (χ2n) is 2.92. The van der Waals surface area contributed by atoms with Crippen molar-refractivity contribution in [2.45, 2.75) is 20.5 Å². The Kier molecular flexibility index (Phi) is 3.34. The number of hydrogen-bond donors (Lipinski definition) is 0. The Balaban J connectivity index is 2.87. The van der Waals surface area contributed by atoms with E-state index in [0.717, 1.165) is 5.69 Å². The highest BCUT2D eigenvalue weighted by molar-refractivity contribution is 5.76.